The number of aromatic hydroxyl groups is 2. The summed E-state index contributed by atoms with van der Waals surface area (Å²) in [4.78, 5) is 5.43. The molecule has 0 amide bonds. The molecule has 0 aliphatic heterocycles. The molecule has 4 aromatic carbocycles. The zero-order chi connectivity index (χ0) is 44.9. The van der Waals surface area contributed by atoms with E-state index in [1.807, 2.05) is 30.3 Å². The van der Waals surface area contributed by atoms with Gasteiger partial charge in [-0.2, -0.15) is 0 Å². The molecule has 4 unspecified atom stereocenters. The molecule has 6 heteroatoms. The van der Waals surface area contributed by atoms with Crippen molar-refractivity contribution in [3.63, 3.8) is 0 Å². The first-order valence-corrected chi connectivity index (χ1v) is 24.5. The number of pyridine rings is 1. The molecule has 1 heterocycles. The van der Waals surface area contributed by atoms with Gasteiger partial charge >= 0.3 is 0 Å². The Morgan fingerprint density at radius 3 is 1.16 bits per heavy atom. The molecule has 8 bridgehead atoms. The third kappa shape index (κ3) is 8.21. The molecule has 0 saturated heterocycles. The van der Waals surface area contributed by atoms with E-state index in [1.54, 1.807) is 12.1 Å². The molecule has 3 nitrogen and oxygen atoms in total. The van der Waals surface area contributed by atoms with Crippen molar-refractivity contribution >= 4 is 0 Å². The van der Waals surface area contributed by atoms with Crippen LogP contribution < -0.4 is 0 Å². The van der Waals surface area contributed by atoms with E-state index in [0.717, 1.165) is 83.0 Å². The van der Waals surface area contributed by atoms with Crippen LogP contribution in [0, 0.1) is 60.0 Å². The summed E-state index contributed by atoms with van der Waals surface area (Å²) in [6.45, 7) is 18.4. The Kier molecular flexibility index (Phi) is 12.5. The molecule has 2 N–H and O–H groups in total. The molecular weight excluding hydrogens is 995 g/mol. The van der Waals surface area contributed by atoms with E-state index >= 15 is 8.78 Å². The van der Waals surface area contributed by atoms with Crippen LogP contribution in [0.15, 0.2) is 78.9 Å². The van der Waals surface area contributed by atoms with Gasteiger partial charge in [0.05, 0.1) is 11.4 Å². The van der Waals surface area contributed by atoms with Gasteiger partial charge in [0.15, 0.2) is 0 Å². The molecule has 8 aliphatic carbocycles. The summed E-state index contributed by atoms with van der Waals surface area (Å²) in [7, 11) is 0. The maximum absolute atomic E-state index is 16.3. The summed E-state index contributed by atoms with van der Waals surface area (Å²) < 4.78 is 32.5. The maximum Gasteiger partial charge on any atom is 0.127 e. The zero-order valence-electron chi connectivity index (χ0n) is 41.9. The SMILES string of the molecule is CC(C)c1ccc(-c2cc(F)cc(C34CC5CC(C)(CC(C)(C5)C3)C4)c2O)c(-c2cccc(-c3cc(C(C)C)ccc3-c3cc(F)cc(C45CC6CC(C)(CC(C)(C6)C4)C5)c3O)n2)c1.[CH3-].[CH3-].[Hf]. The first kappa shape index (κ1) is 49.8. The van der Waals surface area contributed by atoms with Crippen molar-refractivity contribution in [3.05, 3.63) is 128 Å². The van der Waals surface area contributed by atoms with E-state index in [-0.39, 0.29) is 108 Å². The van der Waals surface area contributed by atoms with Crippen LogP contribution in [0.3, 0.4) is 0 Å². The summed E-state index contributed by atoms with van der Waals surface area (Å²) in [5.41, 5.74) is 9.61. The second-order valence-corrected chi connectivity index (χ2v) is 24.8. The molecule has 13 rings (SSSR count). The molecule has 354 valence electrons. The predicted molar refractivity (Wildman–Crippen MR) is 268 cm³/mol. The van der Waals surface area contributed by atoms with Crippen molar-refractivity contribution < 1.29 is 44.8 Å². The van der Waals surface area contributed by atoms with Crippen molar-refractivity contribution in [1.29, 1.82) is 0 Å². The van der Waals surface area contributed by atoms with Crippen molar-refractivity contribution in [1.82, 2.24) is 4.98 Å². The van der Waals surface area contributed by atoms with Gasteiger partial charge in [0.1, 0.15) is 23.1 Å². The Morgan fingerprint density at radius 2 is 0.836 bits per heavy atom. The zero-order valence-corrected chi connectivity index (χ0v) is 45.5. The number of aromatic nitrogens is 1. The summed E-state index contributed by atoms with van der Waals surface area (Å²) in [6.07, 6.45) is 13.2. The van der Waals surface area contributed by atoms with Crippen LogP contribution in [0.4, 0.5) is 8.78 Å². The first-order valence-electron chi connectivity index (χ1n) is 24.5. The third-order valence-electron chi connectivity index (χ3n) is 17.8. The Morgan fingerprint density at radius 1 is 0.478 bits per heavy atom. The quantitative estimate of drug-likeness (QED) is 0.120. The van der Waals surface area contributed by atoms with Gasteiger partial charge in [-0.3, -0.25) is 0 Å². The number of benzene rings is 4. The van der Waals surface area contributed by atoms with Crippen molar-refractivity contribution in [2.24, 2.45) is 33.5 Å². The number of hydrogen-bond donors (Lipinski definition) is 2. The molecule has 1 aromatic heterocycles. The van der Waals surface area contributed by atoms with Gasteiger partial charge in [-0.25, -0.2) is 13.8 Å². The van der Waals surface area contributed by atoms with E-state index in [0.29, 0.717) is 34.4 Å². The molecule has 4 atom stereocenters. The fourth-order valence-electron chi connectivity index (χ4n) is 17.4. The van der Waals surface area contributed by atoms with E-state index < -0.39 is 0 Å². The van der Waals surface area contributed by atoms with E-state index in [9.17, 15) is 10.2 Å². The second kappa shape index (κ2) is 16.8. The summed E-state index contributed by atoms with van der Waals surface area (Å²) in [5, 5.41) is 25.1. The number of phenolic OH excluding ortho intramolecular Hbond substituents is 2. The fourth-order valence-corrected chi connectivity index (χ4v) is 17.4. The van der Waals surface area contributed by atoms with E-state index in [4.69, 9.17) is 4.98 Å². The second-order valence-electron chi connectivity index (χ2n) is 24.8. The maximum atomic E-state index is 16.3. The minimum absolute atomic E-state index is 0. The van der Waals surface area contributed by atoms with Crippen LogP contribution in [0.25, 0.3) is 44.8 Å². The van der Waals surface area contributed by atoms with Gasteiger partial charge in [0.2, 0.25) is 0 Å². The molecule has 67 heavy (non-hydrogen) atoms. The van der Waals surface area contributed by atoms with Crippen LogP contribution in [-0.4, -0.2) is 15.2 Å². The van der Waals surface area contributed by atoms with Crippen LogP contribution in [0.1, 0.15) is 167 Å². The van der Waals surface area contributed by atoms with Gasteiger partial charge in [-0.15, -0.1) is 0 Å². The largest absolute Gasteiger partial charge is 0.507 e. The Bertz CT molecular complexity index is 2540. The van der Waals surface area contributed by atoms with Crippen LogP contribution in [-0.2, 0) is 36.7 Å². The minimum atomic E-state index is -0.324. The normalized spacial score (nSPS) is 32.0. The van der Waals surface area contributed by atoms with Crippen molar-refractivity contribution in [2.75, 3.05) is 0 Å². The average molecular weight is 1070 g/mol. The van der Waals surface area contributed by atoms with Crippen LogP contribution >= 0.6 is 0 Å². The number of nitrogens with zero attached hydrogens (tertiary/aromatic N) is 1. The smallest absolute Gasteiger partial charge is 0.127 e. The summed E-state index contributed by atoms with van der Waals surface area (Å²) in [6, 6.07) is 24.9. The van der Waals surface area contributed by atoms with Crippen molar-refractivity contribution in [2.45, 2.75) is 155 Å². The van der Waals surface area contributed by atoms with Gasteiger partial charge in [0, 0.05) is 70.1 Å². The monoisotopic (exact) mass is 1070 g/mol. The van der Waals surface area contributed by atoms with Crippen molar-refractivity contribution in [3.8, 4) is 56.3 Å². The fraction of sp³-hybridized carbons (Fsp3) is 0.492. The molecule has 0 radical (unpaired) electrons. The molecule has 0 spiro atoms. The Labute approximate surface area is 419 Å². The van der Waals surface area contributed by atoms with Crippen LogP contribution in [0.2, 0.25) is 0 Å². The van der Waals surface area contributed by atoms with E-state index in [1.165, 1.54) is 50.7 Å². The number of hydrogen-bond acceptors (Lipinski definition) is 3. The minimum Gasteiger partial charge on any atom is -0.507 e. The van der Waals surface area contributed by atoms with Gasteiger partial charge in [-0.1, -0.05) is 85.7 Å². The topological polar surface area (TPSA) is 53.4 Å². The predicted octanol–water partition coefficient (Wildman–Crippen LogP) is 17.1. The summed E-state index contributed by atoms with van der Waals surface area (Å²) >= 11 is 0. The van der Waals surface area contributed by atoms with Gasteiger partial charge in [0.25, 0.3) is 0 Å². The number of phenols is 2. The number of rotatable bonds is 8. The average Bonchev–Trinajstić information content (AvgIpc) is 3.19. The summed E-state index contributed by atoms with van der Waals surface area (Å²) in [5.74, 6) is 1.36. The van der Waals surface area contributed by atoms with E-state index in [2.05, 4.69) is 79.7 Å². The number of halogens is 2. The standard InChI is InChI=1S/C59H67F2NO2.2CH3.Hf/c1-34(2)38-12-14-42(46-18-40(60)20-48(52(46)63)58-26-36-22-54(5,30-58)28-55(6,23-36)31-58)44(16-38)50-10-9-11-51(62-50)45-17-39(35(3)4)13-15-43(45)47-19-41(61)21-49(53(47)64)59-27-37-24-56(7,32-59)29-57(8,25-37)33-59;;;/h9-21,34-37,63-64H,22-33H2,1-8H3;2*1H3;/q;2*-1;. The molecule has 8 saturated carbocycles. The molecule has 5 aromatic rings. The molecule has 8 aliphatic rings. The van der Waals surface area contributed by atoms with Gasteiger partial charge in [-0.05, 0) is 193 Å². The first-order chi connectivity index (χ1) is 30.2. The van der Waals surface area contributed by atoms with Gasteiger partial charge < -0.3 is 25.1 Å². The third-order valence-corrected chi connectivity index (χ3v) is 17.8. The molecular formula is C61H73F2HfNO2-2. The van der Waals surface area contributed by atoms with Crippen LogP contribution in [0.5, 0.6) is 11.5 Å². The Hall–Kier alpha value is -3.64. The Balaban J connectivity index is 0.00000203. The molecule has 8 fully saturated rings.